The summed E-state index contributed by atoms with van der Waals surface area (Å²) in [7, 11) is 3.99. The van der Waals surface area contributed by atoms with Gasteiger partial charge in [0.05, 0.1) is 18.3 Å². The van der Waals surface area contributed by atoms with Crippen molar-refractivity contribution >= 4 is 17.5 Å². The molecule has 1 aromatic rings. The maximum Gasteiger partial charge on any atom is 0.226 e. The first-order valence-electron chi connectivity index (χ1n) is 10.9. The van der Waals surface area contributed by atoms with Gasteiger partial charge < -0.3 is 14.7 Å². The minimum atomic E-state index is 0.215. The first-order valence-corrected chi connectivity index (χ1v) is 10.9. The minimum Gasteiger partial charge on any atom is -0.361 e. The summed E-state index contributed by atoms with van der Waals surface area (Å²) >= 11 is 0. The topological polar surface area (TPSA) is 55.8 Å². The van der Waals surface area contributed by atoms with Crippen LogP contribution in [0, 0.1) is 5.92 Å². The fourth-order valence-corrected chi connectivity index (χ4v) is 4.91. The molecule has 7 heteroatoms. The van der Waals surface area contributed by atoms with Crippen LogP contribution in [0.1, 0.15) is 38.5 Å². The van der Waals surface area contributed by atoms with Crippen molar-refractivity contribution in [2.24, 2.45) is 5.92 Å². The SMILES string of the molecule is CN(C)c1cncc(N2CCC(N3CCCC(C(=O)N4CCCC4)C3)CC2)n1. The first-order chi connectivity index (χ1) is 13.6. The highest BCUT2D eigenvalue weighted by Gasteiger charge is 2.34. The Bertz CT molecular complexity index is 667. The molecule has 0 radical (unpaired) electrons. The van der Waals surface area contributed by atoms with Gasteiger partial charge in [-0.2, -0.15) is 0 Å². The van der Waals surface area contributed by atoms with E-state index >= 15 is 0 Å². The van der Waals surface area contributed by atoms with E-state index < -0.39 is 0 Å². The number of hydrogen-bond donors (Lipinski definition) is 0. The molecule has 3 fully saturated rings. The molecule has 1 aromatic heterocycles. The lowest BCUT2D eigenvalue weighted by atomic mass is 9.93. The Morgan fingerprint density at radius 2 is 1.75 bits per heavy atom. The third-order valence-electron chi connectivity index (χ3n) is 6.59. The van der Waals surface area contributed by atoms with E-state index in [2.05, 4.69) is 19.7 Å². The quantitative estimate of drug-likeness (QED) is 0.787. The third-order valence-corrected chi connectivity index (χ3v) is 6.59. The van der Waals surface area contributed by atoms with Crippen molar-refractivity contribution in [3.63, 3.8) is 0 Å². The predicted molar refractivity (Wildman–Crippen MR) is 112 cm³/mol. The van der Waals surface area contributed by atoms with Gasteiger partial charge in [-0.25, -0.2) is 4.98 Å². The van der Waals surface area contributed by atoms with Crippen LogP contribution in [0.5, 0.6) is 0 Å². The van der Waals surface area contributed by atoms with Crippen LogP contribution < -0.4 is 9.80 Å². The summed E-state index contributed by atoms with van der Waals surface area (Å²) < 4.78 is 0. The van der Waals surface area contributed by atoms with E-state index in [1.807, 2.05) is 31.4 Å². The monoisotopic (exact) mass is 386 g/mol. The largest absolute Gasteiger partial charge is 0.361 e. The fourth-order valence-electron chi connectivity index (χ4n) is 4.91. The Kier molecular flexibility index (Phi) is 5.99. The molecule has 0 aliphatic carbocycles. The molecule has 3 aliphatic heterocycles. The molecule has 0 aromatic carbocycles. The lowest BCUT2D eigenvalue weighted by Gasteiger charge is -2.42. The van der Waals surface area contributed by atoms with Crippen molar-refractivity contribution in [3.05, 3.63) is 12.4 Å². The molecule has 0 N–H and O–H groups in total. The Labute approximate surface area is 168 Å². The van der Waals surface area contributed by atoms with E-state index in [-0.39, 0.29) is 5.92 Å². The summed E-state index contributed by atoms with van der Waals surface area (Å²) in [5.41, 5.74) is 0. The van der Waals surface area contributed by atoms with Crippen LogP contribution in [-0.2, 0) is 4.79 Å². The van der Waals surface area contributed by atoms with E-state index in [0.717, 1.165) is 76.6 Å². The maximum atomic E-state index is 12.8. The van der Waals surface area contributed by atoms with Crippen molar-refractivity contribution < 1.29 is 4.79 Å². The number of nitrogens with zero attached hydrogens (tertiary/aromatic N) is 6. The molecule has 0 bridgehead atoms. The molecule has 1 amide bonds. The molecule has 0 saturated carbocycles. The van der Waals surface area contributed by atoms with Gasteiger partial charge in [0.15, 0.2) is 0 Å². The molecule has 4 heterocycles. The number of likely N-dealkylation sites (tertiary alicyclic amines) is 2. The van der Waals surface area contributed by atoms with E-state index in [1.165, 1.54) is 12.8 Å². The van der Waals surface area contributed by atoms with Crippen LogP contribution in [0.15, 0.2) is 12.4 Å². The Hall–Kier alpha value is -1.89. The summed E-state index contributed by atoms with van der Waals surface area (Å²) in [6, 6.07) is 0.593. The van der Waals surface area contributed by atoms with E-state index in [1.54, 1.807) is 0 Å². The molecule has 1 atom stereocenters. The van der Waals surface area contributed by atoms with Crippen LogP contribution >= 0.6 is 0 Å². The second-order valence-electron chi connectivity index (χ2n) is 8.71. The molecule has 4 rings (SSSR count). The van der Waals surface area contributed by atoms with E-state index in [4.69, 9.17) is 4.98 Å². The number of aromatic nitrogens is 2. The van der Waals surface area contributed by atoms with Crippen molar-refractivity contribution in [1.82, 2.24) is 19.8 Å². The Balaban J connectivity index is 1.32. The highest BCUT2D eigenvalue weighted by molar-refractivity contribution is 5.79. The lowest BCUT2D eigenvalue weighted by molar-refractivity contribution is -0.136. The van der Waals surface area contributed by atoms with Gasteiger partial charge >= 0.3 is 0 Å². The van der Waals surface area contributed by atoms with Crippen LogP contribution in [0.3, 0.4) is 0 Å². The zero-order valence-corrected chi connectivity index (χ0v) is 17.4. The van der Waals surface area contributed by atoms with Crippen LogP contribution in [0.25, 0.3) is 0 Å². The number of hydrogen-bond acceptors (Lipinski definition) is 6. The summed E-state index contributed by atoms with van der Waals surface area (Å²) in [6.45, 7) is 6.07. The van der Waals surface area contributed by atoms with E-state index in [0.29, 0.717) is 11.9 Å². The van der Waals surface area contributed by atoms with E-state index in [9.17, 15) is 4.79 Å². The number of amides is 1. The highest BCUT2D eigenvalue weighted by Crippen LogP contribution is 2.27. The van der Waals surface area contributed by atoms with Crippen LogP contribution in [0.4, 0.5) is 11.6 Å². The van der Waals surface area contributed by atoms with Crippen LogP contribution in [-0.4, -0.2) is 85.1 Å². The summed E-state index contributed by atoms with van der Waals surface area (Å²) in [5.74, 6) is 2.51. The smallest absolute Gasteiger partial charge is 0.226 e. The zero-order chi connectivity index (χ0) is 19.5. The van der Waals surface area contributed by atoms with Crippen LogP contribution in [0.2, 0.25) is 0 Å². The van der Waals surface area contributed by atoms with Gasteiger partial charge in [0.2, 0.25) is 5.91 Å². The second-order valence-corrected chi connectivity index (χ2v) is 8.71. The minimum absolute atomic E-state index is 0.215. The average molecular weight is 387 g/mol. The van der Waals surface area contributed by atoms with Gasteiger partial charge in [-0.3, -0.25) is 14.7 Å². The standard InChI is InChI=1S/C21H34N6O/c1-24(2)19-14-22-15-20(23-19)25-12-7-18(8-13-25)27-11-5-6-17(16-27)21(28)26-9-3-4-10-26/h14-15,17-18H,3-13,16H2,1-2H3. The normalized spacial score (nSPS) is 24.6. The van der Waals surface area contributed by atoms with Gasteiger partial charge in [-0.15, -0.1) is 0 Å². The van der Waals surface area contributed by atoms with Gasteiger partial charge in [-0.1, -0.05) is 0 Å². The van der Waals surface area contributed by atoms with Gasteiger partial charge in [-0.05, 0) is 45.1 Å². The number of anilines is 2. The van der Waals surface area contributed by atoms with Crippen molar-refractivity contribution in [2.45, 2.75) is 44.6 Å². The summed E-state index contributed by atoms with van der Waals surface area (Å²) in [6.07, 6.45) is 10.5. The molecule has 0 spiro atoms. The predicted octanol–water partition coefficient (Wildman–Crippen LogP) is 1.85. The first kappa shape index (κ1) is 19.4. The average Bonchev–Trinajstić information content (AvgIpc) is 3.28. The molecule has 1 unspecified atom stereocenters. The van der Waals surface area contributed by atoms with Gasteiger partial charge in [0, 0.05) is 52.9 Å². The van der Waals surface area contributed by atoms with Crippen molar-refractivity contribution in [2.75, 3.05) is 63.2 Å². The summed E-state index contributed by atoms with van der Waals surface area (Å²) in [5, 5.41) is 0. The molecule has 7 nitrogen and oxygen atoms in total. The Morgan fingerprint density at radius 1 is 1.00 bits per heavy atom. The molecular formula is C21H34N6O. The highest BCUT2D eigenvalue weighted by atomic mass is 16.2. The molecule has 28 heavy (non-hydrogen) atoms. The Morgan fingerprint density at radius 3 is 2.46 bits per heavy atom. The molecular weight excluding hydrogens is 352 g/mol. The molecule has 3 aliphatic rings. The number of carbonyl (C=O) groups is 1. The fraction of sp³-hybridized carbons (Fsp3) is 0.762. The van der Waals surface area contributed by atoms with Gasteiger partial charge in [0.1, 0.15) is 11.6 Å². The molecule has 3 saturated heterocycles. The number of carbonyl (C=O) groups excluding carboxylic acids is 1. The summed E-state index contributed by atoms with van der Waals surface area (Å²) in [4.78, 5) is 31.0. The molecule has 154 valence electrons. The lowest BCUT2D eigenvalue weighted by Crippen LogP contribution is -2.51. The van der Waals surface area contributed by atoms with Crippen molar-refractivity contribution in [1.29, 1.82) is 0 Å². The number of rotatable bonds is 4. The number of piperidine rings is 2. The van der Waals surface area contributed by atoms with Gasteiger partial charge in [0.25, 0.3) is 0 Å². The zero-order valence-electron chi connectivity index (χ0n) is 17.4. The second kappa shape index (κ2) is 8.64. The van der Waals surface area contributed by atoms with Crippen molar-refractivity contribution in [3.8, 4) is 0 Å². The maximum absolute atomic E-state index is 12.8. The third kappa shape index (κ3) is 4.24.